The predicted octanol–water partition coefficient (Wildman–Crippen LogP) is 3.61. The predicted molar refractivity (Wildman–Crippen MR) is 141 cm³/mol. The van der Waals surface area contributed by atoms with Crippen LogP contribution < -0.4 is 10.6 Å². The van der Waals surface area contributed by atoms with Gasteiger partial charge in [0.25, 0.3) is 0 Å². The van der Waals surface area contributed by atoms with E-state index in [9.17, 15) is 0 Å². The number of nitrogens with zero attached hydrogens (tertiary/aromatic N) is 2. The summed E-state index contributed by atoms with van der Waals surface area (Å²) < 4.78 is 10.1. The lowest BCUT2D eigenvalue weighted by Crippen LogP contribution is -2.39. The van der Waals surface area contributed by atoms with Gasteiger partial charge in [-0.15, -0.1) is 0 Å². The maximum absolute atomic E-state index is 7.89. The molecule has 0 unspecified atom stereocenters. The Kier molecular flexibility index (Phi) is 10.6. The second-order valence-corrected chi connectivity index (χ2v) is 7.95. The lowest BCUT2D eigenvalue weighted by Gasteiger charge is -2.26. The molecule has 0 saturated carbocycles. The van der Waals surface area contributed by atoms with Crippen molar-refractivity contribution in [3.05, 3.63) is 71.8 Å². The molecule has 9 heteroatoms. The minimum atomic E-state index is 0.0862. The number of hydrogen-bond donors (Lipinski definition) is 5. The summed E-state index contributed by atoms with van der Waals surface area (Å²) in [6.45, 7) is 5.25. The molecule has 1 saturated heterocycles. The summed E-state index contributed by atoms with van der Waals surface area (Å²) in [6, 6.07) is 9.87. The van der Waals surface area contributed by atoms with Crippen LogP contribution in [0.2, 0.25) is 0 Å². The van der Waals surface area contributed by atoms with E-state index in [0.29, 0.717) is 12.8 Å². The Bertz CT molecular complexity index is 1030. The largest absolute Gasteiger partial charge is 0.433 e. The van der Waals surface area contributed by atoms with Crippen molar-refractivity contribution in [1.29, 1.82) is 16.2 Å². The lowest BCUT2D eigenvalue weighted by atomic mass is 10.0. The normalized spacial score (nSPS) is 14.5. The highest BCUT2D eigenvalue weighted by atomic mass is 16.5. The molecule has 1 fully saturated rings. The third kappa shape index (κ3) is 8.80. The van der Waals surface area contributed by atoms with Crippen LogP contribution in [0.4, 0.5) is 5.69 Å². The first-order valence-electron chi connectivity index (χ1n) is 11.6. The zero-order valence-corrected chi connectivity index (χ0v) is 19.8. The SMILES string of the molecule is N=COC(=N)CCc1ccc(N/C=C/c2cnccc2/C(C=N)=C/NCCN2CCOCC2)cc1. The van der Waals surface area contributed by atoms with Crippen molar-refractivity contribution in [2.75, 3.05) is 44.7 Å². The molecule has 1 aromatic heterocycles. The monoisotopic (exact) mass is 475 g/mol. The summed E-state index contributed by atoms with van der Waals surface area (Å²) in [6.07, 6.45) is 12.5. The van der Waals surface area contributed by atoms with Crippen molar-refractivity contribution in [2.24, 2.45) is 0 Å². The van der Waals surface area contributed by atoms with Crippen LogP contribution in [0.5, 0.6) is 0 Å². The lowest BCUT2D eigenvalue weighted by molar-refractivity contribution is 0.0388. The second-order valence-electron chi connectivity index (χ2n) is 7.95. The van der Waals surface area contributed by atoms with Gasteiger partial charge in [0.05, 0.1) is 13.2 Å². The van der Waals surface area contributed by atoms with Crippen molar-refractivity contribution in [2.45, 2.75) is 12.8 Å². The summed E-state index contributed by atoms with van der Waals surface area (Å²) >= 11 is 0. The first-order valence-corrected chi connectivity index (χ1v) is 11.6. The number of nitrogens with one attached hydrogen (secondary N) is 5. The first-order chi connectivity index (χ1) is 17.2. The fourth-order valence-electron chi connectivity index (χ4n) is 3.61. The average molecular weight is 476 g/mol. The molecule has 0 radical (unpaired) electrons. The molecular formula is C26H33N7O2. The van der Waals surface area contributed by atoms with Gasteiger partial charge in [-0.3, -0.25) is 20.7 Å². The number of pyridine rings is 1. The number of aromatic nitrogens is 1. The van der Waals surface area contributed by atoms with E-state index >= 15 is 0 Å². The van der Waals surface area contributed by atoms with E-state index in [0.717, 1.165) is 73.7 Å². The Labute approximate surface area is 206 Å². The summed E-state index contributed by atoms with van der Waals surface area (Å²) in [5.41, 5.74) is 4.65. The molecule has 1 aliphatic heterocycles. The third-order valence-electron chi connectivity index (χ3n) is 5.56. The molecule has 9 nitrogen and oxygen atoms in total. The van der Waals surface area contributed by atoms with E-state index in [-0.39, 0.29) is 5.90 Å². The maximum Gasteiger partial charge on any atom is 0.189 e. The summed E-state index contributed by atoms with van der Waals surface area (Å²) in [4.78, 5) is 6.61. The van der Waals surface area contributed by atoms with Crippen LogP contribution in [0, 0.1) is 16.2 Å². The van der Waals surface area contributed by atoms with Gasteiger partial charge in [-0.25, -0.2) is 0 Å². The molecule has 0 bridgehead atoms. The summed E-state index contributed by atoms with van der Waals surface area (Å²) in [5, 5.41) is 28.9. The molecule has 0 spiro atoms. The van der Waals surface area contributed by atoms with E-state index < -0.39 is 0 Å². The fourth-order valence-corrected chi connectivity index (χ4v) is 3.61. The molecule has 2 aromatic rings. The Hall–Kier alpha value is -3.82. The van der Waals surface area contributed by atoms with Crippen LogP contribution in [-0.2, 0) is 15.9 Å². The summed E-state index contributed by atoms with van der Waals surface area (Å²) in [7, 11) is 0. The Balaban J connectivity index is 1.54. The van der Waals surface area contributed by atoms with Crippen molar-refractivity contribution < 1.29 is 9.47 Å². The van der Waals surface area contributed by atoms with Gasteiger partial charge in [0.1, 0.15) is 0 Å². The van der Waals surface area contributed by atoms with Crippen LogP contribution in [0.25, 0.3) is 11.6 Å². The van der Waals surface area contributed by atoms with E-state index in [1.165, 1.54) is 6.21 Å². The first kappa shape index (κ1) is 25.8. The van der Waals surface area contributed by atoms with Crippen LogP contribution in [0.1, 0.15) is 23.1 Å². The topological polar surface area (TPSA) is 130 Å². The Morgan fingerprint density at radius 2 is 1.94 bits per heavy atom. The Morgan fingerprint density at radius 1 is 1.14 bits per heavy atom. The van der Waals surface area contributed by atoms with E-state index in [1.807, 2.05) is 48.8 Å². The van der Waals surface area contributed by atoms with Gasteiger partial charge in [-0.2, -0.15) is 0 Å². The molecule has 2 heterocycles. The van der Waals surface area contributed by atoms with Gasteiger partial charge in [-0.05, 0) is 41.8 Å². The van der Waals surface area contributed by atoms with Crippen LogP contribution in [0.3, 0.4) is 0 Å². The second kappa shape index (κ2) is 14.4. The number of benzene rings is 1. The number of rotatable bonds is 13. The highest BCUT2D eigenvalue weighted by Crippen LogP contribution is 2.18. The molecule has 5 N–H and O–H groups in total. The number of morpholine rings is 1. The molecule has 184 valence electrons. The van der Waals surface area contributed by atoms with E-state index in [1.54, 1.807) is 12.4 Å². The van der Waals surface area contributed by atoms with Crippen molar-refractivity contribution in [3.63, 3.8) is 0 Å². The van der Waals surface area contributed by atoms with Gasteiger partial charge in [-0.1, -0.05) is 12.1 Å². The molecule has 0 atom stereocenters. The van der Waals surface area contributed by atoms with Crippen molar-refractivity contribution >= 4 is 35.8 Å². The zero-order valence-electron chi connectivity index (χ0n) is 19.8. The molecule has 1 aromatic carbocycles. The number of anilines is 1. The van der Waals surface area contributed by atoms with Crippen molar-refractivity contribution in [3.8, 4) is 0 Å². The van der Waals surface area contributed by atoms with Gasteiger partial charge < -0.3 is 25.5 Å². The number of aryl methyl sites for hydroxylation is 1. The molecule has 0 amide bonds. The number of hydrogen-bond acceptors (Lipinski definition) is 9. The zero-order chi connectivity index (χ0) is 24.7. The molecule has 35 heavy (non-hydrogen) atoms. The Morgan fingerprint density at radius 3 is 2.69 bits per heavy atom. The maximum atomic E-state index is 7.89. The quantitative estimate of drug-likeness (QED) is 0.171. The molecule has 3 rings (SSSR count). The van der Waals surface area contributed by atoms with Crippen LogP contribution >= 0.6 is 0 Å². The smallest absolute Gasteiger partial charge is 0.189 e. The highest BCUT2D eigenvalue weighted by Gasteiger charge is 2.09. The number of allylic oxidation sites excluding steroid dienone is 1. The highest BCUT2D eigenvalue weighted by molar-refractivity contribution is 6.09. The molecular weight excluding hydrogens is 442 g/mol. The van der Waals surface area contributed by atoms with Gasteiger partial charge in [0.2, 0.25) is 0 Å². The molecule has 0 aliphatic carbocycles. The standard InChI is InChI=1S/C26H33N7O2/c27-17-23(19-31-11-12-33-13-15-34-16-14-33)25-8-9-30-18-22(25)7-10-32-24-4-1-21(2-5-24)3-6-26(29)35-20-28/h1-2,4-5,7-10,17-20,27-29,31-32H,3,6,11-16H2/b10-7+,23-19+,27-17?,28-20?,29-26?. The third-order valence-corrected chi connectivity index (χ3v) is 5.56. The molecule has 1 aliphatic rings. The van der Waals surface area contributed by atoms with Crippen LogP contribution in [-0.4, -0.2) is 67.8 Å². The minimum Gasteiger partial charge on any atom is -0.433 e. The summed E-state index contributed by atoms with van der Waals surface area (Å²) in [5.74, 6) is 0.0862. The van der Waals surface area contributed by atoms with Gasteiger partial charge in [0, 0.05) is 80.4 Å². The van der Waals surface area contributed by atoms with E-state index in [4.69, 9.17) is 25.7 Å². The van der Waals surface area contributed by atoms with E-state index in [2.05, 4.69) is 20.5 Å². The average Bonchev–Trinajstić information content (AvgIpc) is 2.89. The fraction of sp³-hybridized carbons (Fsp3) is 0.308. The van der Waals surface area contributed by atoms with Gasteiger partial charge in [0.15, 0.2) is 12.3 Å². The number of ether oxygens (including phenoxy) is 2. The van der Waals surface area contributed by atoms with Crippen LogP contribution in [0.15, 0.2) is 55.1 Å². The van der Waals surface area contributed by atoms with Crippen molar-refractivity contribution in [1.82, 2.24) is 15.2 Å². The van der Waals surface area contributed by atoms with Gasteiger partial charge >= 0.3 is 0 Å². The minimum absolute atomic E-state index is 0.0862.